The first-order valence-corrected chi connectivity index (χ1v) is 9.41. The zero-order chi connectivity index (χ0) is 22.6. The van der Waals surface area contributed by atoms with E-state index in [9.17, 15) is 5.26 Å². The third-order valence-electron chi connectivity index (χ3n) is 4.32. The summed E-state index contributed by atoms with van der Waals surface area (Å²) in [4.78, 5) is 0. The van der Waals surface area contributed by atoms with Gasteiger partial charge >= 0.3 is 0 Å². The Hall–Kier alpha value is -3.41. The minimum absolute atomic E-state index is 0.0107. The summed E-state index contributed by atoms with van der Waals surface area (Å²) in [5.74, 6) is 2.44. The third-order valence-corrected chi connectivity index (χ3v) is 4.32. The predicted molar refractivity (Wildman–Crippen MR) is 116 cm³/mol. The highest BCUT2D eigenvalue weighted by atomic mass is 16.7. The summed E-state index contributed by atoms with van der Waals surface area (Å²) in [6, 6.07) is 11.0. The van der Waals surface area contributed by atoms with E-state index in [1.165, 1.54) is 14.2 Å². The molecule has 0 saturated heterocycles. The SMILES string of the molecule is COCCOCOc1cc(C=C(C#N)c2ccc(OC)c(OC)c2)cc(OC)c1OC. The molecule has 0 heterocycles. The van der Waals surface area contributed by atoms with E-state index in [0.717, 1.165) is 0 Å². The fourth-order valence-electron chi connectivity index (χ4n) is 2.80. The van der Waals surface area contributed by atoms with Crippen molar-refractivity contribution < 1.29 is 33.2 Å². The summed E-state index contributed by atoms with van der Waals surface area (Å²) < 4.78 is 37.5. The quantitative estimate of drug-likeness (QED) is 0.218. The molecule has 0 bridgehead atoms. The maximum atomic E-state index is 9.74. The van der Waals surface area contributed by atoms with E-state index >= 15 is 0 Å². The maximum absolute atomic E-state index is 9.74. The number of allylic oxidation sites excluding steroid dienone is 1. The Balaban J connectivity index is 2.40. The molecule has 0 aliphatic heterocycles. The molecule has 0 amide bonds. The number of nitriles is 1. The Kier molecular flexibility index (Phi) is 9.49. The molecule has 0 aromatic heterocycles. The molecular formula is C23H27NO7. The number of nitrogens with zero attached hydrogens (tertiary/aromatic N) is 1. The van der Waals surface area contributed by atoms with Gasteiger partial charge in [-0.15, -0.1) is 0 Å². The second-order valence-electron chi connectivity index (χ2n) is 6.16. The second-order valence-corrected chi connectivity index (χ2v) is 6.16. The monoisotopic (exact) mass is 429 g/mol. The molecule has 0 fully saturated rings. The van der Waals surface area contributed by atoms with Crippen molar-refractivity contribution in [2.45, 2.75) is 0 Å². The summed E-state index contributed by atoms with van der Waals surface area (Å²) in [6.07, 6.45) is 1.72. The lowest BCUT2D eigenvalue weighted by Crippen LogP contribution is -2.08. The van der Waals surface area contributed by atoms with Crippen molar-refractivity contribution in [2.24, 2.45) is 0 Å². The molecule has 2 aromatic rings. The van der Waals surface area contributed by atoms with Gasteiger partial charge in [0.1, 0.15) is 0 Å². The van der Waals surface area contributed by atoms with Crippen LogP contribution >= 0.6 is 0 Å². The van der Waals surface area contributed by atoms with Crippen molar-refractivity contribution in [1.82, 2.24) is 0 Å². The highest BCUT2D eigenvalue weighted by molar-refractivity contribution is 5.90. The van der Waals surface area contributed by atoms with Gasteiger partial charge in [-0.2, -0.15) is 5.26 Å². The minimum Gasteiger partial charge on any atom is -0.493 e. The van der Waals surface area contributed by atoms with Crippen LogP contribution in [-0.2, 0) is 9.47 Å². The first-order chi connectivity index (χ1) is 15.1. The van der Waals surface area contributed by atoms with Crippen molar-refractivity contribution in [3.05, 3.63) is 41.5 Å². The van der Waals surface area contributed by atoms with Gasteiger partial charge in [-0.3, -0.25) is 0 Å². The van der Waals surface area contributed by atoms with E-state index in [2.05, 4.69) is 6.07 Å². The molecule has 0 atom stereocenters. The van der Waals surface area contributed by atoms with Crippen molar-refractivity contribution in [2.75, 3.05) is 55.6 Å². The summed E-state index contributed by atoms with van der Waals surface area (Å²) >= 11 is 0. The van der Waals surface area contributed by atoms with Crippen molar-refractivity contribution >= 4 is 11.6 Å². The molecule has 0 spiro atoms. The van der Waals surface area contributed by atoms with E-state index in [4.69, 9.17) is 33.2 Å². The number of ether oxygens (including phenoxy) is 7. The van der Waals surface area contributed by atoms with Crippen LogP contribution in [0, 0.1) is 11.3 Å². The summed E-state index contributed by atoms with van der Waals surface area (Å²) in [7, 11) is 7.76. The molecule has 0 radical (unpaired) electrons. The minimum atomic E-state index is 0.0107. The molecule has 8 heteroatoms. The van der Waals surface area contributed by atoms with Gasteiger partial charge in [0.15, 0.2) is 29.8 Å². The van der Waals surface area contributed by atoms with Crippen LogP contribution in [0.15, 0.2) is 30.3 Å². The van der Waals surface area contributed by atoms with Crippen LogP contribution in [0.5, 0.6) is 28.7 Å². The van der Waals surface area contributed by atoms with Gasteiger partial charge in [-0.05, 0) is 47.5 Å². The number of methoxy groups -OCH3 is 5. The normalized spacial score (nSPS) is 10.9. The van der Waals surface area contributed by atoms with Gasteiger partial charge < -0.3 is 33.2 Å². The topological polar surface area (TPSA) is 88.4 Å². The van der Waals surface area contributed by atoms with Gasteiger partial charge in [0, 0.05) is 7.11 Å². The number of hydrogen-bond donors (Lipinski definition) is 0. The van der Waals surface area contributed by atoms with Gasteiger partial charge in [-0.1, -0.05) is 0 Å². The van der Waals surface area contributed by atoms with Crippen molar-refractivity contribution in [3.8, 4) is 34.8 Å². The highest BCUT2D eigenvalue weighted by Gasteiger charge is 2.15. The summed E-state index contributed by atoms with van der Waals surface area (Å²) in [6.45, 7) is 0.869. The fourth-order valence-corrected chi connectivity index (χ4v) is 2.80. The third kappa shape index (κ3) is 6.28. The van der Waals surface area contributed by atoms with Gasteiger partial charge in [0.25, 0.3) is 0 Å². The summed E-state index contributed by atoms with van der Waals surface area (Å²) in [5, 5.41) is 9.74. The molecule has 0 unspecified atom stereocenters. The Labute approximate surface area is 182 Å². The average molecular weight is 429 g/mol. The first kappa shape index (κ1) is 23.9. The molecule has 0 aliphatic rings. The first-order valence-electron chi connectivity index (χ1n) is 9.41. The largest absolute Gasteiger partial charge is 0.493 e. The number of benzene rings is 2. The Morgan fingerprint density at radius 1 is 0.839 bits per heavy atom. The fraction of sp³-hybridized carbons (Fsp3) is 0.348. The van der Waals surface area contributed by atoms with Crippen LogP contribution in [0.2, 0.25) is 0 Å². The predicted octanol–water partition coefficient (Wildman–Crippen LogP) is 3.78. The zero-order valence-corrected chi connectivity index (χ0v) is 18.4. The van der Waals surface area contributed by atoms with Crippen molar-refractivity contribution in [1.29, 1.82) is 5.26 Å². The molecular weight excluding hydrogens is 402 g/mol. The maximum Gasteiger partial charge on any atom is 0.203 e. The molecule has 166 valence electrons. The lowest BCUT2D eigenvalue weighted by atomic mass is 10.0. The van der Waals surface area contributed by atoms with Gasteiger partial charge in [0.2, 0.25) is 5.75 Å². The van der Waals surface area contributed by atoms with Crippen LogP contribution in [0.4, 0.5) is 0 Å². The standard InChI is InChI=1S/C23H27NO7/c1-25-8-9-30-15-31-22-12-16(11-21(28-4)23(22)29-5)10-18(14-24)17-6-7-19(26-2)20(13-17)27-3/h6-7,10-13H,8-9,15H2,1-5H3. The highest BCUT2D eigenvalue weighted by Crippen LogP contribution is 2.39. The molecule has 0 saturated carbocycles. The molecule has 31 heavy (non-hydrogen) atoms. The lowest BCUT2D eigenvalue weighted by molar-refractivity contribution is -0.00957. The van der Waals surface area contributed by atoms with E-state index in [0.29, 0.717) is 58.7 Å². The van der Waals surface area contributed by atoms with E-state index in [1.54, 1.807) is 57.7 Å². The number of rotatable bonds is 12. The average Bonchev–Trinajstić information content (AvgIpc) is 2.81. The molecule has 2 rings (SSSR count). The Bertz CT molecular complexity index is 934. The molecule has 0 N–H and O–H groups in total. The summed E-state index contributed by atoms with van der Waals surface area (Å²) in [5.41, 5.74) is 1.80. The zero-order valence-electron chi connectivity index (χ0n) is 18.4. The Morgan fingerprint density at radius 3 is 2.16 bits per heavy atom. The van der Waals surface area contributed by atoms with Crippen molar-refractivity contribution in [3.63, 3.8) is 0 Å². The van der Waals surface area contributed by atoms with Crippen LogP contribution in [-0.4, -0.2) is 55.6 Å². The second kappa shape index (κ2) is 12.3. The van der Waals surface area contributed by atoms with Crippen LogP contribution in [0.1, 0.15) is 11.1 Å². The van der Waals surface area contributed by atoms with Crippen LogP contribution < -0.4 is 23.7 Å². The smallest absolute Gasteiger partial charge is 0.203 e. The lowest BCUT2D eigenvalue weighted by Gasteiger charge is -2.15. The van der Waals surface area contributed by atoms with Gasteiger partial charge in [0.05, 0.1) is 53.3 Å². The van der Waals surface area contributed by atoms with E-state index in [1.807, 2.05) is 0 Å². The molecule has 8 nitrogen and oxygen atoms in total. The van der Waals surface area contributed by atoms with E-state index in [-0.39, 0.29) is 6.79 Å². The molecule has 0 aliphatic carbocycles. The van der Waals surface area contributed by atoms with Gasteiger partial charge in [-0.25, -0.2) is 0 Å². The van der Waals surface area contributed by atoms with Crippen LogP contribution in [0.25, 0.3) is 11.6 Å². The van der Waals surface area contributed by atoms with Crippen LogP contribution in [0.3, 0.4) is 0 Å². The molecule has 2 aromatic carbocycles. The number of hydrogen-bond acceptors (Lipinski definition) is 8. The van der Waals surface area contributed by atoms with E-state index < -0.39 is 0 Å². The Morgan fingerprint density at radius 2 is 1.55 bits per heavy atom.